The van der Waals surface area contributed by atoms with Crippen LogP contribution in [0.3, 0.4) is 0 Å². The third kappa shape index (κ3) is 3.69. The van der Waals surface area contributed by atoms with E-state index < -0.39 is 35.8 Å². The van der Waals surface area contributed by atoms with Crippen molar-refractivity contribution in [1.82, 2.24) is 10.2 Å². The maximum absolute atomic E-state index is 11.9. The molecule has 2 atom stereocenters. The van der Waals surface area contributed by atoms with E-state index in [0.717, 1.165) is 4.90 Å². The van der Waals surface area contributed by atoms with Crippen LogP contribution in [0, 0.1) is 0 Å². The first-order valence-corrected chi connectivity index (χ1v) is 6.45. The zero-order valence-electron chi connectivity index (χ0n) is 11.2. The number of hydrogen-bond acceptors (Lipinski definition) is 4. The van der Waals surface area contributed by atoms with E-state index in [-0.39, 0.29) is 13.0 Å². The molecule has 3 N–H and O–H groups in total. The first-order valence-electron chi connectivity index (χ1n) is 6.45. The van der Waals surface area contributed by atoms with Crippen LogP contribution in [-0.4, -0.2) is 57.5 Å². The second kappa shape index (κ2) is 6.88. The Morgan fingerprint density at radius 3 is 2.40 bits per heavy atom. The first-order chi connectivity index (χ1) is 9.38. The molecule has 2 amide bonds. The molecule has 0 unspecified atom stereocenters. The Hall–Kier alpha value is -2.12. The van der Waals surface area contributed by atoms with Gasteiger partial charge in [-0.05, 0) is 25.7 Å². The zero-order valence-corrected chi connectivity index (χ0v) is 11.2. The lowest BCUT2D eigenvalue weighted by Gasteiger charge is -2.32. The number of nitrogens with zero attached hydrogens (tertiary/aromatic N) is 1. The molecule has 1 aliphatic heterocycles. The fraction of sp³-hybridized carbons (Fsp3) is 0.667. The molecule has 1 saturated heterocycles. The second-order valence-electron chi connectivity index (χ2n) is 4.62. The summed E-state index contributed by atoms with van der Waals surface area (Å²) in [5.41, 5.74) is 0. The summed E-state index contributed by atoms with van der Waals surface area (Å²) >= 11 is 0. The minimum absolute atomic E-state index is 0.136. The lowest BCUT2D eigenvalue weighted by molar-refractivity contribution is -0.157. The van der Waals surface area contributed by atoms with Crippen LogP contribution in [0.1, 0.15) is 32.6 Å². The molecule has 1 rings (SSSR count). The van der Waals surface area contributed by atoms with Crippen LogP contribution in [-0.2, 0) is 19.2 Å². The van der Waals surface area contributed by atoms with E-state index in [1.807, 2.05) is 0 Å². The third-order valence-corrected chi connectivity index (χ3v) is 3.25. The predicted octanol–water partition coefficient (Wildman–Crippen LogP) is -0.568. The van der Waals surface area contributed by atoms with E-state index in [0.29, 0.717) is 19.3 Å². The van der Waals surface area contributed by atoms with E-state index in [2.05, 4.69) is 5.32 Å². The number of carboxylic acids is 2. The lowest BCUT2D eigenvalue weighted by atomic mass is 10.0. The standard InChI is InChI=1S/C12H18N2O6/c1-2-7(11(17)18)13-9(15)10(16)14-6-4-3-5-8(14)12(19)20/h7-8H,2-6H2,1H3,(H,13,15)(H,17,18)(H,19,20)/t7-,8+/m0/s1. The number of carboxylic acid groups (broad SMARTS) is 2. The number of nitrogens with one attached hydrogen (secondary N) is 1. The highest BCUT2D eigenvalue weighted by molar-refractivity contribution is 6.35. The van der Waals surface area contributed by atoms with E-state index in [1.165, 1.54) is 0 Å². The van der Waals surface area contributed by atoms with Gasteiger partial charge in [-0.2, -0.15) is 0 Å². The summed E-state index contributed by atoms with van der Waals surface area (Å²) in [5.74, 6) is -4.46. The SMILES string of the molecule is CC[C@H](NC(=O)C(=O)N1CCCC[C@@H]1C(=O)O)C(=O)O. The Bertz CT molecular complexity index is 422. The van der Waals surface area contributed by atoms with Crippen molar-refractivity contribution in [3.8, 4) is 0 Å². The van der Waals surface area contributed by atoms with E-state index >= 15 is 0 Å². The monoisotopic (exact) mass is 286 g/mol. The van der Waals surface area contributed by atoms with Crippen LogP contribution in [0.15, 0.2) is 0 Å². The maximum Gasteiger partial charge on any atom is 0.326 e. The Kier molecular flexibility index (Phi) is 5.48. The lowest BCUT2D eigenvalue weighted by Crippen LogP contribution is -2.54. The summed E-state index contributed by atoms with van der Waals surface area (Å²) in [4.78, 5) is 46.5. The van der Waals surface area contributed by atoms with Gasteiger partial charge in [-0.15, -0.1) is 0 Å². The van der Waals surface area contributed by atoms with Gasteiger partial charge in [0.15, 0.2) is 0 Å². The van der Waals surface area contributed by atoms with E-state index in [9.17, 15) is 19.2 Å². The Balaban J connectivity index is 2.74. The molecule has 1 heterocycles. The molecule has 0 aliphatic carbocycles. The molecular formula is C12H18N2O6. The average molecular weight is 286 g/mol. The summed E-state index contributed by atoms with van der Waals surface area (Å²) in [6.07, 6.45) is 1.73. The van der Waals surface area contributed by atoms with Gasteiger partial charge in [0.25, 0.3) is 0 Å². The molecule has 0 aromatic heterocycles. The van der Waals surface area contributed by atoms with Gasteiger partial charge in [-0.25, -0.2) is 9.59 Å². The van der Waals surface area contributed by atoms with Crippen molar-refractivity contribution >= 4 is 23.8 Å². The van der Waals surface area contributed by atoms with Crippen molar-refractivity contribution in [3.63, 3.8) is 0 Å². The second-order valence-corrected chi connectivity index (χ2v) is 4.62. The van der Waals surface area contributed by atoms with Crippen molar-refractivity contribution in [3.05, 3.63) is 0 Å². The summed E-state index contributed by atoms with van der Waals surface area (Å²) in [6.45, 7) is 1.75. The minimum Gasteiger partial charge on any atom is -0.480 e. The molecule has 0 radical (unpaired) electrons. The van der Waals surface area contributed by atoms with Crippen LogP contribution in [0.2, 0.25) is 0 Å². The molecular weight excluding hydrogens is 268 g/mol. The van der Waals surface area contributed by atoms with Gasteiger partial charge < -0.3 is 20.4 Å². The van der Waals surface area contributed by atoms with Gasteiger partial charge >= 0.3 is 23.8 Å². The number of hydrogen-bond donors (Lipinski definition) is 3. The van der Waals surface area contributed by atoms with Crippen molar-refractivity contribution in [2.24, 2.45) is 0 Å². The summed E-state index contributed by atoms with van der Waals surface area (Å²) in [6, 6.07) is -2.17. The fourth-order valence-electron chi connectivity index (χ4n) is 2.12. The van der Waals surface area contributed by atoms with Gasteiger partial charge in [-0.3, -0.25) is 9.59 Å². The van der Waals surface area contributed by atoms with Gasteiger partial charge in [0.2, 0.25) is 0 Å². The van der Waals surface area contributed by atoms with Crippen LogP contribution in [0.4, 0.5) is 0 Å². The average Bonchev–Trinajstić information content (AvgIpc) is 2.43. The molecule has 0 aromatic carbocycles. The molecule has 8 nitrogen and oxygen atoms in total. The molecule has 20 heavy (non-hydrogen) atoms. The first kappa shape index (κ1) is 15.9. The number of amides is 2. The van der Waals surface area contributed by atoms with Crippen molar-refractivity contribution in [2.45, 2.75) is 44.7 Å². The Morgan fingerprint density at radius 2 is 1.90 bits per heavy atom. The summed E-state index contributed by atoms with van der Waals surface area (Å²) < 4.78 is 0. The van der Waals surface area contributed by atoms with Crippen molar-refractivity contribution in [2.75, 3.05) is 6.54 Å². The number of rotatable bonds is 4. The number of piperidine rings is 1. The topological polar surface area (TPSA) is 124 Å². The molecule has 0 saturated carbocycles. The minimum atomic E-state index is -1.23. The van der Waals surface area contributed by atoms with Gasteiger partial charge in [-0.1, -0.05) is 6.92 Å². The van der Waals surface area contributed by atoms with Crippen LogP contribution in [0.25, 0.3) is 0 Å². The normalized spacial score (nSPS) is 20.1. The van der Waals surface area contributed by atoms with Crippen LogP contribution in [0.5, 0.6) is 0 Å². The van der Waals surface area contributed by atoms with Gasteiger partial charge in [0.05, 0.1) is 0 Å². The quantitative estimate of drug-likeness (QED) is 0.595. The van der Waals surface area contributed by atoms with Crippen molar-refractivity contribution in [1.29, 1.82) is 0 Å². The third-order valence-electron chi connectivity index (χ3n) is 3.25. The van der Waals surface area contributed by atoms with Gasteiger partial charge in [0.1, 0.15) is 12.1 Å². The largest absolute Gasteiger partial charge is 0.480 e. The summed E-state index contributed by atoms with van der Waals surface area (Å²) in [5, 5.41) is 20.0. The number of carbonyl (C=O) groups excluding carboxylic acids is 2. The van der Waals surface area contributed by atoms with Crippen LogP contribution < -0.4 is 5.32 Å². The van der Waals surface area contributed by atoms with Crippen LogP contribution >= 0.6 is 0 Å². The molecule has 0 spiro atoms. The smallest absolute Gasteiger partial charge is 0.326 e. The van der Waals surface area contributed by atoms with E-state index in [1.54, 1.807) is 6.92 Å². The Labute approximate surface area is 115 Å². The highest BCUT2D eigenvalue weighted by Gasteiger charge is 2.35. The number of carbonyl (C=O) groups is 4. The number of likely N-dealkylation sites (tertiary alicyclic amines) is 1. The Morgan fingerprint density at radius 1 is 1.25 bits per heavy atom. The van der Waals surface area contributed by atoms with E-state index in [4.69, 9.17) is 10.2 Å². The predicted molar refractivity (Wildman–Crippen MR) is 66.8 cm³/mol. The molecule has 0 aromatic rings. The highest BCUT2D eigenvalue weighted by atomic mass is 16.4. The molecule has 112 valence electrons. The van der Waals surface area contributed by atoms with Crippen molar-refractivity contribution < 1.29 is 29.4 Å². The molecule has 1 fully saturated rings. The molecule has 1 aliphatic rings. The fourth-order valence-corrected chi connectivity index (χ4v) is 2.12. The van der Waals surface area contributed by atoms with Gasteiger partial charge in [0, 0.05) is 6.54 Å². The number of aliphatic carboxylic acids is 2. The molecule has 0 bridgehead atoms. The zero-order chi connectivity index (χ0) is 15.3. The summed E-state index contributed by atoms with van der Waals surface area (Å²) in [7, 11) is 0. The maximum atomic E-state index is 11.9. The molecule has 8 heteroatoms. The highest BCUT2D eigenvalue weighted by Crippen LogP contribution is 2.17.